The van der Waals surface area contributed by atoms with Crippen molar-refractivity contribution in [2.45, 2.75) is 197 Å². The molecular weight excluding hydrogens is 831 g/mol. The van der Waals surface area contributed by atoms with Crippen LogP contribution in [-0.2, 0) is 43.7 Å². The Kier molecular flexibility index (Phi) is 23.4. The van der Waals surface area contributed by atoms with Crippen molar-refractivity contribution in [3.05, 3.63) is 146 Å². The topological polar surface area (TPSA) is 25.3 Å². The zero-order chi connectivity index (χ0) is 43.8. The molecule has 0 amide bonds. The van der Waals surface area contributed by atoms with Gasteiger partial charge in [-0.3, -0.25) is 0 Å². The van der Waals surface area contributed by atoms with Crippen LogP contribution >= 0.6 is 0 Å². The molecule has 0 spiro atoms. The van der Waals surface area contributed by atoms with Gasteiger partial charge in [-0.2, -0.15) is 0 Å². The molecule has 2 nitrogen and oxygen atoms in total. The molecule has 334 valence electrons. The maximum absolute atomic E-state index is 12.5. The van der Waals surface area contributed by atoms with Gasteiger partial charge in [0.25, 0.3) is 0 Å². The Morgan fingerprint density at radius 1 is 0.377 bits per heavy atom. The van der Waals surface area contributed by atoms with Gasteiger partial charge >= 0.3 is 99.6 Å². The van der Waals surface area contributed by atoms with Crippen molar-refractivity contribution in [2.75, 3.05) is 0 Å². The quantitative estimate of drug-likeness (QED) is 0.0341. The number of hydrogen-bond acceptors (Lipinski definition) is 0. The number of aryl methyl sites for hydroxylation is 6. The van der Waals surface area contributed by atoms with E-state index in [1.807, 2.05) is 0 Å². The first-order valence-electron chi connectivity index (χ1n) is 24.7. The normalized spacial score (nSPS) is 12.8. The van der Waals surface area contributed by atoms with Crippen LogP contribution in [0.4, 0.5) is 0 Å². The van der Waals surface area contributed by atoms with Crippen LogP contribution in [0, 0.1) is 13.8 Å². The molecule has 0 aromatic heterocycles. The molecule has 0 atom stereocenters. The van der Waals surface area contributed by atoms with Gasteiger partial charge in [0.15, 0.2) is 0 Å². The van der Waals surface area contributed by atoms with Crippen LogP contribution < -0.4 is 8.07 Å². The first-order chi connectivity index (χ1) is 29.7. The third-order valence-electron chi connectivity index (χ3n) is 12.0. The van der Waals surface area contributed by atoms with Gasteiger partial charge in [-0.25, -0.2) is 4.70 Å². The summed E-state index contributed by atoms with van der Waals surface area (Å²) in [5.41, 5.74) is 28.2. The number of benzene rings is 4. The van der Waals surface area contributed by atoms with E-state index in [-0.39, 0.29) is 0 Å². The van der Waals surface area contributed by atoms with E-state index in [4.69, 9.17) is 0 Å². The molecule has 4 aromatic carbocycles. The summed E-state index contributed by atoms with van der Waals surface area (Å²) in [4.78, 5) is 0. The molecular formula is C58H82N2Pd. The zero-order valence-electron chi connectivity index (χ0n) is 39.8. The fourth-order valence-electron chi connectivity index (χ4n) is 8.42. The number of unbranched alkanes of at least 4 members (excludes halogenated alkanes) is 10. The van der Waals surface area contributed by atoms with Crippen LogP contribution in [0.5, 0.6) is 0 Å². The van der Waals surface area contributed by atoms with E-state index in [0.29, 0.717) is 18.0 Å². The molecule has 0 N–H and O–H groups in total. The van der Waals surface area contributed by atoms with Crippen molar-refractivity contribution in [1.29, 1.82) is 0 Å². The van der Waals surface area contributed by atoms with Crippen LogP contribution in [0.2, 0.25) is 0 Å². The summed E-state index contributed by atoms with van der Waals surface area (Å²) in [5.74, 6) is 0. The predicted molar refractivity (Wildman–Crippen MR) is 264 cm³/mol. The number of hydrogen-bond donors (Lipinski definition) is 0. The van der Waals surface area contributed by atoms with Gasteiger partial charge in [0.2, 0.25) is 11.4 Å². The van der Waals surface area contributed by atoms with Gasteiger partial charge in [0, 0.05) is 22.3 Å². The third-order valence-corrected chi connectivity index (χ3v) is 13.9. The van der Waals surface area contributed by atoms with Gasteiger partial charge < -0.3 is 5.53 Å². The van der Waals surface area contributed by atoms with Crippen LogP contribution in [-0.4, -0.2) is 4.70 Å². The summed E-state index contributed by atoms with van der Waals surface area (Å²) >= 11 is 0.562. The molecule has 0 fully saturated rings. The molecule has 0 saturated heterocycles. The average molecular weight is 914 g/mol. The standard InChI is InChI=1S/C44H68N2.2C7H7.Pd/c1-7-13-19-22-28-42-41(27-18-12-6)43(39-31-35(23-16-10-4)29-37(33-39)25-20-14-8-2)46(45)44(42)40-32-36(24-17-11-5)30-38(34-40)26-21-15-9-3;2*1-7-5-3-2-4-6-7;/h29-34H,7-28H2,1-6H3;2*3-6H,1H3;. The Morgan fingerprint density at radius 2 is 0.689 bits per heavy atom. The Morgan fingerprint density at radius 3 is 1.07 bits per heavy atom. The molecule has 0 aliphatic carbocycles. The second-order valence-corrected chi connectivity index (χ2v) is 19.9. The molecule has 0 saturated carbocycles. The number of allylic oxidation sites excluding steroid dienone is 2. The van der Waals surface area contributed by atoms with E-state index in [0.717, 1.165) is 62.8 Å². The Balaban J connectivity index is 0.000000454. The summed E-state index contributed by atoms with van der Waals surface area (Å²) in [6, 6.07) is 32.2. The van der Waals surface area contributed by atoms with Crippen molar-refractivity contribution in [2.24, 2.45) is 0 Å². The zero-order valence-corrected chi connectivity index (χ0v) is 41.4. The van der Waals surface area contributed by atoms with Gasteiger partial charge in [-0.1, -0.05) is 118 Å². The van der Waals surface area contributed by atoms with Gasteiger partial charge in [-0.05, 0) is 124 Å². The Bertz CT molecular complexity index is 1920. The monoisotopic (exact) mass is 913 g/mol. The Hall–Kier alpha value is -3.38. The predicted octanol–water partition coefficient (Wildman–Crippen LogP) is 16.5. The summed E-state index contributed by atoms with van der Waals surface area (Å²) in [7, 11) is 0. The van der Waals surface area contributed by atoms with Gasteiger partial charge in [0.05, 0.1) is 0 Å². The first-order valence-corrected chi connectivity index (χ1v) is 26.2. The van der Waals surface area contributed by atoms with E-state index in [1.54, 1.807) is 4.70 Å². The molecule has 1 aliphatic heterocycles. The minimum absolute atomic E-state index is 0.562. The van der Waals surface area contributed by atoms with Crippen molar-refractivity contribution in [3.8, 4) is 0 Å². The van der Waals surface area contributed by atoms with Crippen LogP contribution in [0.1, 0.15) is 202 Å². The van der Waals surface area contributed by atoms with E-state index in [9.17, 15) is 5.53 Å². The third kappa shape index (κ3) is 16.7. The Labute approximate surface area is 382 Å². The molecule has 1 heterocycles. The molecule has 0 unspecified atom stereocenters. The average Bonchev–Trinajstić information content (AvgIpc) is 3.54. The maximum atomic E-state index is 12.5. The van der Waals surface area contributed by atoms with Crippen LogP contribution in [0.15, 0.2) is 96.1 Å². The van der Waals surface area contributed by atoms with E-state index < -0.39 is 0 Å². The SMILES string of the molecule is CCCCCCC1=C(c2cc(CCCC)cc(CCCCC)c2)[N+](=[N-])C(c2cc(CCCC)cc(CCCCC)c2)=C1CCCC.Cc1cc[c]([Pd][c]2ccc(C)cc2)cc1. The summed E-state index contributed by atoms with van der Waals surface area (Å²) in [5, 5.41) is 0. The molecule has 3 heteroatoms. The van der Waals surface area contributed by atoms with Crippen molar-refractivity contribution in [3.63, 3.8) is 0 Å². The minimum atomic E-state index is 0.562. The molecule has 61 heavy (non-hydrogen) atoms. The fourth-order valence-corrected chi connectivity index (χ4v) is 9.97. The summed E-state index contributed by atoms with van der Waals surface area (Å²) in [6.45, 7) is 18.0. The second kappa shape index (κ2) is 28.3. The number of rotatable bonds is 26. The molecule has 0 bridgehead atoms. The second-order valence-electron chi connectivity index (χ2n) is 17.7. The van der Waals surface area contributed by atoms with E-state index in [2.05, 4.69) is 140 Å². The molecule has 1 aliphatic rings. The van der Waals surface area contributed by atoms with Gasteiger partial charge in [-0.15, -0.1) is 0 Å². The number of nitrogens with zero attached hydrogens (tertiary/aromatic N) is 2. The van der Waals surface area contributed by atoms with Gasteiger partial charge in [0.1, 0.15) is 0 Å². The van der Waals surface area contributed by atoms with E-state index >= 15 is 0 Å². The van der Waals surface area contributed by atoms with Crippen molar-refractivity contribution in [1.82, 2.24) is 0 Å². The molecule has 4 aromatic rings. The summed E-state index contributed by atoms with van der Waals surface area (Å²) < 4.78 is 4.51. The first kappa shape index (κ1) is 50.3. The van der Waals surface area contributed by atoms with Crippen molar-refractivity contribution < 1.29 is 22.7 Å². The van der Waals surface area contributed by atoms with Crippen LogP contribution in [0.25, 0.3) is 16.9 Å². The van der Waals surface area contributed by atoms with Crippen LogP contribution in [0.3, 0.4) is 0 Å². The molecule has 5 rings (SSSR count). The van der Waals surface area contributed by atoms with Crippen molar-refractivity contribution >= 4 is 19.5 Å². The fraction of sp³-hybridized carbons (Fsp3) is 0.517. The summed E-state index contributed by atoms with van der Waals surface area (Å²) in [6.07, 6.45) is 26.1. The molecule has 0 radical (unpaired) electrons. The van der Waals surface area contributed by atoms with E-state index in [1.165, 1.54) is 154 Å².